The van der Waals surface area contributed by atoms with Gasteiger partial charge in [-0.15, -0.1) is 0 Å². The number of imide groups is 1. The van der Waals surface area contributed by atoms with Crippen LogP contribution < -0.4 is 10.1 Å². The number of hydrogen-bond acceptors (Lipinski definition) is 4. The summed E-state index contributed by atoms with van der Waals surface area (Å²) in [5.74, 6) is 0.740. The summed E-state index contributed by atoms with van der Waals surface area (Å²) in [6, 6.07) is 17.6. The molecular weight excluding hydrogens is 378 g/mol. The van der Waals surface area contributed by atoms with Crippen LogP contribution in [0, 0.1) is 0 Å². The first-order valence-corrected chi connectivity index (χ1v) is 10.3. The molecule has 1 N–H and O–H groups in total. The summed E-state index contributed by atoms with van der Waals surface area (Å²) >= 11 is 0. The summed E-state index contributed by atoms with van der Waals surface area (Å²) in [6.45, 7) is 2.61. The van der Waals surface area contributed by atoms with Gasteiger partial charge in [0, 0.05) is 26.2 Å². The Morgan fingerprint density at radius 1 is 1.07 bits per heavy atom. The molecule has 6 heteroatoms. The molecule has 0 saturated carbocycles. The molecule has 0 atom stereocenters. The van der Waals surface area contributed by atoms with E-state index in [0.717, 1.165) is 30.9 Å². The molecule has 2 saturated heterocycles. The molecule has 2 aliphatic heterocycles. The molecule has 2 aliphatic rings. The van der Waals surface area contributed by atoms with Gasteiger partial charge in [-0.05, 0) is 36.1 Å². The summed E-state index contributed by atoms with van der Waals surface area (Å²) in [6.07, 6.45) is 5.05. The molecular formula is C24H27N3O3. The standard InChI is InChI=1S/C24H27N3O3/c1-30-21-11-5-9-20(17-21)18-26-15-12-24(13-16-26)22(28)27(23(29)25-24)14-6-10-19-7-3-2-4-8-19/h2-11,17H,12-16,18H2,1H3,(H,25,29). The molecule has 0 bridgehead atoms. The minimum absolute atomic E-state index is 0.105. The number of carbonyl (C=O) groups excluding carboxylic acids is 2. The van der Waals surface area contributed by atoms with Gasteiger partial charge < -0.3 is 10.1 Å². The van der Waals surface area contributed by atoms with Crippen molar-refractivity contribution in [1.29, 1.82) is 0 Å². The topological polar surface area (TPSA) is 61.9 Å². The van der Waals surface area contributed by atoms with Gasteiger partial charge in [-0.25, -0.2) is 4.79 Å². The third-order valence-corrected chi connectivity index (χ3v) is 5.89. The summed E-state index contributed by atoms with van der Waals surface area (Å²) < 4.78 is 5.30. The van der Waals surface area contributed by atoms with Gasteiger partial charge in [0.05, 0.1) is 7.11 Å². The van der Waals surface area contributed by atoms with Crippen LogP contribution in [0.5, 0.6) is 5.75 Å². The minimum atomic E-state index is -0.761. The first kappa shape index (κ1) is 20.2. The maximum Gasteiger partial charge on any atom is 0.325 e. The molecule has 30 heavy (non-hydrogen) atoms. The number of nitrogens with one attached hydrogen (secondary N) is 1. The van der Waals surface area contributed by atoms with E-state index in [2.05, 4.69) is 16.3 Å². The van der Waals surface area contributed by atoms with E-state index < -0.39 is 5.54 Å². The summed E-state index contributed by atoms with van der Waals surface area (Å²) in [5, 5.41) is 2.98. The lowest BCUT2D eigenvalue weighted by Crippen LogP contribution is -2.54. The average molecular weight is 405 g/mol. The maximum absolute atomic E-state index is 13.1. The summed E-state index contributed by atoms with van der Waals surface area (Å²) in [4.78, 5) is 29.2. The number of ether oxygens (including phenoxy) is 1. The van der Waals surface area contributed by atoms with Crippen LogP contribution in [0.3, 0.4) is 0 Å². The quantitative estimate of drug-likeness (QED) is 0.749. The number of piperidine rings is 1. The van der Waals surface area contributed by atoms with Crippen LogP contribution in [0.25, 0.3) is 6.08 Å². The van der Waals surface area contributed by atoms with Crippen LogP contribution in [0.15, 0.2) is 60.7 Å². The fourth-order valence-electron chi connectivity index (χ4n) is 4.16. The summed E-state index contributed by atoms with van der Waals surface area (Å²) in [7, 11) is 1.67. The number of urea groups is 1. The average Bonchev–Trinajstić information content (AvgIpc) is 3.00. The Morgan fingerprint density at radius 3 is 2.57 bits per heavy atom. The zero-order valence-electron chi connectivity index (χ0n) is 17.2. The third-order valence-electron chi connectivity index (χ3n) is 5.89. The van der Waals surface area contributed by atoms with Crippen LogP contribution in [0.4, 0.5) is 4.79 Å². The van der Waals surface area contributed by atoms with Crippen LogP contribution in [-0.2, 0) is 11.3 Å². The fourth-order valence-corrected chi connectivity index (χ4v) is 4.16. The van der Waals surface area contributed by atoms with Gasteiger partial charge in [0.15, 0.2) is 0 Å². The van der Waals surface area contributed by atoms with Crippen molar-refractivity contribution in [2.24, 2.45) is 0 Å². The van der Waals surface area contributed by atoms with Crippen molar-refractivity contribution < 1.29 is 14.3 Å². The van der Waals surface area contributed by atoms with Gasteiger partial charge in [-0.1, -0.05) is 54.6 Å². The van der Waals surface area contributed by atoms with E-state index in [9.17, 15) is 9.59 Å². The molecule has 4 rings (SSSR count). The highest BCUT2D eigenvalue weighted by Gasteiger charge is 2.51. The van der Waals surface area contributed by atoms with Crippen LogP contribution in [0.2, 0.25) is 0 Å². The number of likely N-dealkylation sites (tertiary alicyclic amines) is 1. The van der Waals surface area contributed by atoms with Crippen LogP contribution >= 0.6 is 0 Å². The van der Waals surface area contributed by atoms with Crippen molar-refractivity contribution in [3.05, 3.63) is 71.8 Å². The Hall–Kier alpha value is -3.12. The molecule has 6 nitrogen and oxygen atoms in total. The fraction of sp³-hybridized carbons (Fsp3) is 0.333. The van der Waals surface area contributed by atoms with Crippen molar-refractivity contribution in [1.82, 2.24) is 15.1 Å². The lowest BCUT2D eigenvalue weighted by molar-refractivity contribution is -0.132. The number of nitrogens with zero attached hydrogens (tertiary/aromatic N) is 2. The van der Waals surface area contributed by atoms with E-state index in [1.54, 1.807) is 7.11 Å². The highest BCUT2D eigenvalue weighted by Crippen LogP contribution is 2.30. The zero-order chi connectivity index (χ0) is 21.0. The number of benzene rings is 2. The molecule has 0 aliphatic carbocycles. The Balaban J connectivity index is 1.35. The SMILES string of the molecule is COc1cccc(CN2CCC3(CC2)NC(=O)N(CC=Cc2ccccc2)C3=O)c1. The highest BCUT2D eigenvalue weighted by atomic mass is 16.5. The predicted molar refractivity (Wildman–Crippen MR) is 116 cm³/mol. The number of amides is 3. The third kappa shape index (κ3) is 4.24. The Labute approximate surface area is 177 Å². The minimum Gasteiger partial charge on any atom is -0.497 e. The van der Waals surface area contributed by atoms with Crippen molar-refractivity contribution in [2.75, 3.05) is 26.7 Å². The number of carbonyl (C=O) groups is 2. The second-order valence-corrected chi connectivity index (χ2v) is 7.87. The van der Waals surface area contributed by atoms with Gasteiger partial charge >= 0.3 is 6.03 Å². The van der Waals surface area contributed by atoms with Crippen molar-refractivity contribution >= 4 is 18.0 Å². The lowest BCUT2D eigenvalue weighted by atomic mass is 9.87. The van der Waals surface area contributed by atoms with E-state index in [1.165, 1.54) is 10.5 Å². The molecule has 156 valence electrons. The van der Waals surface area contributed by atoms with Gasteiger partial charge in [0.25, 0.3) is 5.91 Å². The number of methoxy groups -OCH3 is 1. The molecule has 2 heterocycles. The molecule has 2 aromatic carbocycles. The van der Waals surface area contributed by atoms with Crippen molar-refractivity contribution in [3.8, 4) is 5.75 Å². The number of rotatable bonds is 6. The Morgan fingerprint density at radius 2 is 1.83 bits per heavy atom. The van der Waals surface area contributed by atoms with E-state index in [0.29, 0.717) is 12.8 Å². The first-order chi connectivity index (χ1) is 14.6. The Bertz CT molecular complexity index is 934. The molecule has 0 aromatic heterocycles. The van der Waals surface area contributed by atoms with E-state index in [1.807, 2.05) is 60.7 Å². The second kappa shape index (κ2) is 8.71. The normalized spacial score (nSPS) is 18.9. The number of hydrogen-bond donors (Lipinski definition) is 1. The van der Waals surface area contributed by atoms with Gasteiger partial charge in [0.1, 0.15) is 11.3 Å². The monoisotopic (exact) mass is 405 g/mol. The predicted octanol–water partition coefficient (Wildman–Crippen LogP) is 3.30. The molecule has 2 aromatic rings. The van der Waals surface area contributed by atoms with E-state index in [4.69, 9.17) is 4.74 Å². The Kier molecular flexibility index (Phi) is 5.86. The van der Waals surface area contributed by atoms with Gasteiger partial charge in [0.2, 0.25) is 0 Å². The van der Waals surface area contributed by atoms with Crippen LogP contribution in [-0.4, -0.2) is 54.0 Å². The highest BCUT2D eigenvalue weighted by molar-refractivity contribution is 6.07. The van der Waals surface area contributed by atoms with Crippen molar-refractivity contribution in [2.45, 2.75) is 24.9 Å². The first-order valence-electron chi connectivity index (χ1n) is 10.3. The van der Waals surface area contributed by atoms with Gasteiger partial charge in [-0.3, -0.25) is 14.6 Å². The lowest BCUT2D eigenvalue weighted by Gasteiger charge is -2.37. The molecule has 0 radical (unpaired) electrons. The zero-order valence-corrected chi connectivity index (χ0v) is 17.2. The summed E-state index contributed by atoms with van der Waals surface area (Å²) in [5.41, 5.74) is 1.47. The largest absolute Gasteiger partial charge is 0.497 e. The molecule has 1 spiro atoms. The maximum atomic E-state index is 13.1. The van der Waals surface area contributed by atoms with E-state index in [-0.39, 0.29) is 18.5 Å². The van der Waals surface area contributed by atoms with E-state index >= 15 is 0 Å². The van der Waals surface area contributed by atoms with Crippen molar-refractivity contribution in [3.63, 3.8) is 0 Å². The van der Waals surface area contributed by atoms with Gasteiger partial charge in [-0.2, -0.15) is 0 Å². The van der Waals surface area contributed by atoms with Crippen LogP contribution in [0.1, 0.15) is 24.0 Å². The molecule has 2 fully saturated rings. The molecule has 3 amide bonds. The second-order valence-electron chi connectivity index (χ2n) is 7.87. The molecule has 0 unspecified atom stereocenters. The smallest absolute Gasteiger partial charge is 0.325 e.